The maximum Gasteiger partial charge on any atom is 0.414 e. The number of carbonyl (C=O) groups excluding carboxylic acids is 1. The smallest absolute Gasteiger partial charge is 0.414 e. The van der Waals surface area contributed by atoms with Gasteiger partial charge in [-0.25, -0.2) is 9.78 Å². The minimum atomic E-state index is -0.539. The molecule has 1 amide bonds. The van der Waals surface area contributed by atoms with Crippen molar-refractivity contribution < 1.29 is 9.53 Å². The van der Waals surface area contributed by atoms with Gasteiger partial charge in [-0.3, -0.25) is 9.69 Å². The van der Waals surface area contributed by atoms with Crippen LogP contribution in [0, 0.1) is 0 Å². The van der Waals surface area contributed by atoms with Gasteiger partial charge in [0.1, 0.15) is 11.4 Å². The average Bonchev–Trinajstić information content (AvgIpc) is 2.65. The van der Waals surface area contributed by atoms with Gasteiger partial charge in [-0.1, -0.05) is 12.1 Å². The molecule has 3 aromatic rings. The molecule has 2 aromatic carbocycles. The lowest BCUT2D eigenvalue weighted by molar-refractivity contribution is 0.0578. The monoisotopic (exact) mass is 377 g/mol. The maximum atomic E-state index is 12.6. The number of aromatic nitrogens is 2. The Labute approximate surface area is 163 Å². The predicted octanol–water partition coefficient (Wildman–Crippen LogP) is 4.28. The summed E-state index contributed by atoms with van der Waals surface area (Å²) < 4.78 is 5.54. The van der Waals surface area contributed by atoms with Crippen molar-refractivity contribution in [3.05, 3.63) is 58.4 Å². The zero-order chi connectivity index (χ0) is 19.9. The molecule has 0 aliphatic carbocycles. The Morgan fingerprint density at radius 1 is 1.18 bits per heavy atom. The molecule has 1 aromatic heterocycles. The van der Waals surface area contributed by atoms with Crippen molar-refractivity contribution in [3.63, 3.8) is 0 Å². The number of anilines is 1. The first-order valence-corrected chi connectivity index (χ1v) is 9.45. The molecule has 0 saturated heterocycles. The summed E-state index contributed by atoms with van der Waals surface area (Å²) in [5.74, 6) is 0.529. The molecule has 2 heterocycles. The molecular formula is C22H23N3O3. The van der Waals surface area contributed by atoms with E-state index in [1.54, 1.807) is 11.0 Å². The molecule has 144 valence electrons. The molecule has 6 heteroatoms. The van der Waals surface area contributed by atoms with Crippen molar-refractivity contribution in [3.8, 4) is 11.4 Å². The Balaban J connectivity index is 1.71. The molecule has 6 nitrogen and oxygen atoms in total. The molecule has 0 atom stereocenters. The van der Waals surface area contributed by atoms with Crippen LogP contribution in [-0.4, -0.2) is 28.2 Å². The molecular weight excluding hydrogens is 354 g/mol. The number of fused-ring (bicyclic) bond motifs is 2. The third kappa shape index (κ3) is 3.50. The highest BCUT2D eigenvalue weighted by molar-refractivity contribution is 5.90. The molecule has 1 N–H and O–H groups in total. The van der Waals surface area contributed by atoms with Crippen LogP contribution in [0.25, 0.3) is 22.3 Å². The summed E-state index contributed by atoms with van der Waals surface area (Å²) in [6.45, 7) is 6.22. The SMILES string of the molecule is CC(C)(C)OC(=O)N1CCCc2cc(-c3nc4ccccc4c(=O)[nH]3)ccc21. The van der Waals surface area contributed by atoms with Gasteiger partial charge in [0.25, 0.3) is 5.56 Å². The van der Waals surface area contributed by atoms with Crippen LogP contribution >= 0.6 is 0 Å². The average molecular weight is 377 g/mol. The third-order valence-electron chi connectivity index (χ3n) is 4.70. The Bertz CT molecular complexity index is 1110. The zero-order valence-electron chi connectivity index (χ0n) is 16.3. The summed E-state index contributed by atoms with van der Waals surface area (Å²) in [7, 11) is 0. The van der Waals surface area contributed by atoms with E-state index >= 15 is 0 Å². The van der Waals surface area contributed by atoms with E-state index in [2.05, 4.69) is 9.97 Å². The number of aryl methyl sites for hydroxylation is 1. The molecule has 0 saturated carbocycles. The molecule has 0 radical (unpaired) electrons. The molecule has 4 rings (SSSR count). The summed E-state index contributed by atoms with van der Waals surface area (Å²) in [5.41, 5.74) is 2.69. The van der Waals surface area contributed by atoms with E-state index in [0.717, 1.165) is 29.7 Å². The van der Waals surface area contributed by atoms with Crippen LogP contribution < -0.4 is 10.5 Å². The van der Waals surface area contributed by atoms with Crippen LogP contribution in [0.3, 0.4) is 0 Å². The quantitative estimate of drug-likeness (QED) is 0.687. The van der Waals surface area contributed by atoms with Crippen LogP contribution in [0.1, 0.15) is 32.8 Å². The first kappa shape index (κ1) is 18.2. The third-order valence-corrected chi connectivity index (χ3v) is 4.70. The van der Waals surface area contributed by atoms with Gasteiger partial charge in [0.2, 0.25) is 0 Å². The Kier molecular flexibility index (Phi) is 4.41. The van der Waals surface area contributed by atoms with Crippen molar-refractivity contribution in [1.29, 1.82) is 0 Å². The molecule has 28 heavy (non-hydrogen) atoms. The summed E-state index contributed by atoms with van der Waals surface area (Å²) in [6.07, 6.45) is 1.39. The number of para-hydroxylation sites is 1. The molecule has 0 bridgehead atoms. The Morgan fingerprint density at radius 3 is 2.75 bits per heavy atom. The standard InChI is InChI=1S/C22H23N3O3/c1-22(2,3)28-21(27)25-12-6-7-14-13-15(10-11-18(14)25)19-23-17-9-5-4-8-16(17)20(26)24-19/h4-5,8-11,13H,6-7,12H2,1-3H3,(H,23,24,26). The highest BCUT2D eigenvalue weighted by atomic mass is 16.6. The minimum Gasteiger partial charge on any atom is -0.443 e. The van der Waals surface area contributed by atoms with Crippen LogP contribution in [-0.2, 0) is 11.2 Å². The molecule has 1 aliphatic heterocycles. The molecule has 0 unspecified atom stereocenters. The number of hydrogen-bond donors (Lipinski definition) is 1. The normalized spacial score (nSPS) is 14.0. The van der Waals surface area contributed by atoms with E-state index in [1.807, 2.05) is 57.2 Å². The zero-order valence-corrected chi connectivity index (χ0v) is 16.3. The van der Waals surface area contributed by atoms with E-state index in [4.69, 9.17) is 4.74 Å². The fourth-order valence-electron chi connectivity index (χ4n) is 3.47. The number of ether oxygens (including phenoxy) is 1. The number of aromatic amines is 1. The van der Waals surface area contributed by atoms with E-state index in [1.165, 1.54) is 0 Å². The summed E-state index contributed by atoms with van der Waals surface area (Å²) >= 11 is 0. The van der Waals surface area contributed by atoms with Gasteiger partial charge in [0, 0.05) is 12.1 Å². The number of benzene rings is 2. The number of carbonyl (C=O) groups is 1. The van der Waals surface area contributed by atoms with Crippen LogP contribution in [0.15, 0.2) is 47.3 Å². The van der Waals surface area contributed by atoms with E-state index in [0.29, 0.717) is 23.3 Å². The fraction of sp³-hybridized carbons (Fsp3) is 0.318. The van der Waals surface area contributed by atoms with Gasteiger partial charge in [-0.15, -0.1) is 0 Å². The highest BCUT2D eigenvalue weighted by Crippen LogP contribution is 2.31. The van der Waals surface area contributed by atoms with Crippen molar-refractivity contribution in [2.24, 2.45) is 0 Å². The second kappa shape index (κ2) is 6.78. The first-order valence-electron chi connectivity index (χ1n) is 9.45. The predicted molar refractivity (Wildman–Crippen MR) is 110 cm³/mol. The van der Waals surface area contributed by atoms with Gasteiger partial charge >= 0.3 is 6.09 Å². The Hall–Kier alpha value is -3.15. The van der Waals surface area contributed by atoms with Crippen LogP contribution in [0.4, 0.5) is 10.5 Å². The van der Waals surface area contributed by atoms with E-state index in [9.17, 15) is 9.59 Å². The minimum absolute atomic E-state index is 0.159. The van der Waals surface area contributed by atoms with Crippen molar-refractivity contribution in [1.82, 2.24) is 9.97 Å². The fourth-order valence-corrected chi connectivity index (χ4v) is 3.47. The number of amides is 1. The van der Waals surface area contributed by atoms with Crippen molar-refractivity contribution in [2.75, 3.05) is 11.4 Å². The lowest BCUT2D eigenvalue weighted by atomic mass is 9.99. The number of rotatable bonds is 1. The lowest BCUT2D eigenvalue weighted by Gasteiger charge is -2.31. The number of nitrogens with one attached hydrogen (secondary N) is 1. The number of hydrogen-bond acceptors (Lipinski definition) is 4. The lowest BCUT2D eigenvalue weighted by Crippen LogP contribution is -2.39. The number of nitrogens with zero attached hydrogens (tertiary/aromatic N) is 2. The molecule has 0 fully saturated rings. The van der Waals surface area contributed by atoms with Gasteiger partial charge in [-0.05, 0) is 69.5 Å². The second-order valence-electron chi connectivity index (χ2n) is 8.01. The second-order valence-corrected chi connectivity index (χ2v) is 8.01. The molecule has 1 aliphatic rings. The van der Waals surface area contributed by atoms with Gasteiger partial charge in [0.15, 0.2) is 0 Å². The van der Waals surface area contributed by atoms with Gasteiger partial charge in [-0.2, -0.15) is 0 Å². The highest BCUT2D eigenvalue weighted by Gasteiger charge is 2.27. The maximum absolute atomic E-state index is 12.6. The van der Waals surface area contributed by atoms with E-state index in [-0.39, 0.29) is 11.7 Å². The van der Waals surface area contributed by atoms with Crippen LogP contribution in [0.2, 0.25) is 0 Å². The number of H-pyrrole nitrogens is 1. The largest absolute Gasteiger partial charge is 0.443 e. The first-order chi connectivity index (χ1) is 13.3. The van der Waals surface area contributed by atoms with Crippen molar-refractivity contribution >= 4 is 22.7 Å². The van der Waals surface area contributed by atoms with Gasteiger partial charge in [0.05, 0.1) is 16.6 Å². The molecule has 0 spiro atoms. The summed E-state index contributed by atoms with van der Waals surface area (Å²) in [5, 5.41) is 0.570. The van der Waals surface area contributed by atoms with Crippen molar-refractivity contribution in [2.45, 2.75) is 39.2 Å². The Morgan fingerprint density at radius 2 is 1.96 bits per heavy atom. The van der Waals surface area contributed by atoms with E-state index < -0.39 is 5.60 Å². The van der Waals surface area contributed by atoms with Crippen LogP contribution in [0.5, 0.6) is 0 Å². The van der Waals surface area contributed by atoms with Gasteiger partial charge < -0.3 is 9.72 Å². The summed E-state index contributed by atoms with van der Waals surface area (Å²) in [6, 6.07) is 13.1. The summed E-state index contributed by atoms with van der Waals surface area (Å²) in [4.78, 5) is 34.1. The topological polar surface area (TPSA) is 75.3 Å².